The number of hydrogen-bond acceptors (Lipinski definition) is 6. The van der Waals surface area contributed by atoms with Gasteiger partial charge in [-0.3, -0.25) is 0 Å². The summed E-state index contributed by atoms with van der Waals surface area (Å²) in [6.45, 7) is 4.00. The number of pyridine rings is 1. The van der Waals surface area contributed by atoms with Gasteiger partial charge in [0.15, 0.2) is 5.29 Å². The summed E-state index contributed by atoms with van der Waals surface area (Å²) >= 11 is 0. The van der Waals surface area contributed by atoms with Gasteiger partial charge in [-0.15, -0.1) is 4.91 Å². The molecular formula is C12H15N6O+. The van der Waals surface area contributed by atoms with Crippen LogP contribution in [0.4, 0.5) is 11.6 Å². The van der Waals surface area contributed by atoms with E-state index in [0.29, 0.717) is 23.8 Å². The van der Waals surface area contributed by atoms with Crippen molar-refractivity contribution in [2.24, 2.45) is 5.29 Å². The molecule has 2 rings (SSSR count). The highest BCUT2D eigenvalue weighted by molar-refractivity contribution is 5.41. The van der Waals surface area contributed by atoms with Gasteiger partial charge >= 0.3 is 5.82 Å². The maximum atomic E-state index is 10.6. The minimum atomic E-state index is 0.373. The highest BCUT2D eigenvalue weighted by atomic mass is 16.3. The predicted molar refractivity (Wildman–Crippen MR) is 71.1 cm³/mol. The van der Waals surface area contributed by atoms with Crippen LogP contribution in [0.15, 0.2) is 29.7 Å². The van der Waals surface area contributed by atoms with Gasteiger partial charge in [0.25, 0.3) is 0 Å². The van der Waals surface area contributed by atoms with Crippen molar-refractivity contribution < 1.29 is 4.68 Å². The molecular weight excluding hydrogens is 244 g/mol. The van der Waals surface area contributed by atoms with E-state index >= 15 is 0 Å². The van der Waals surface area contributed by atoms with Crippen molar-refractivity contribution in [2.45, 2.75) is 20.4 Å². The first-order valence-electron chi connectivity index (χ1n) is 5.79. The molecule has 98 valence electrons. The lowest BCUT2D eigenvalue weighted by molar-refractivity contribution is -0.690. The van der Waals surface area contributed by atoms with Crippen LogP contribution >= 0.6 is 0 Å². The third-order valence-electron chi connectivity index (χ3n) is 2.66. The third kappa shape index (κ3) is 3.01. The maximum Gasteiger partial charge on any atom is 0.325 e. The number of nitrogens with one attached hydrogen (secondary N) is 1. The Bertz CT molecular complexity index is 613. The molecule has 19 heavy (non-hydrogen) atoms. The van der Waals surface area contributed by atoms with Crippen LogP contribution in [0.5, 0.6) is 0 Å². The molecule has 0 saturated carbocycles. The highest BCUT2D eigenvalue weighted by Crippen LogP contribution is 2.10. The zero-order valence-electron chi connectivity index (χ0n) is 10.8. The number of hydrogen-bond donors (Lipinski definition) is 2. The molecule has 0 aliphatic heterocycles. The molecule has 3 N–H and O–H groups in total. The topological polar surface area (TPSA) is 97.1 Å². The summed E-state index contributed by atoms with van der Waals surface area (Å²) in [5.74, 6) is 1.56. The number of nitroso groups, excluding NO2 is 1. The van der Waals surface area contributed by atoms with E-state index in [9.17, 15) is 4.91 Å². The predicted octanol–water partition coefficient (Wildman–Crippen LogP) is 1.10. The summed E-state index contributed by atoms with van der Waals surface area (Å²) in [6, 6.07) is 5.68. The lowest BCUT2D eigenvalue weighted by atomic mass is 10.3. The Kier molecular flexibility index (Phi) is 3.65. The number of aromatic nitrogens is 3. The van der Waals surface area contributed by atoms with Gasteiger partial charge in [-0.2, -0.15) is 0 Å². The molecule has 0 radical (unpaired) electrons. The van der Waals surface area contributed by atoms with E-state index in [1.54, 1.807) is 13.1 Å². The number of nitrogens with two attached hydrogens (primary N) is 1. The second-order valence-electron chi connectivity index (χ2n) is 4.14. The molecule has 0 aliphatic carbocycles. The Morgan fingerprint density at radius 3 is 2.84 bits per heavy atom. The fourth-order valence-corrected chi connectivity index (χ4v) is 1.65. The van der Waals surface area contributed by atoms with Crippen LogP contribution in [-0.4, -0.2) is 9.97 Å². The number of anilines is 2. The fraction of sp³-hybridized carbons (Fsp3) is 0.250. The van der Waals surface area contributed by atoms with Gasteiger partial charge in [0.05, 0.1) is 12.1 Å². The van der Waals surface area contributed by atoms with Gasteiger partial charge in [0, 0.05) is 12.6 Å². The van der Waals surface area contributed by atoms with E-state index < -0.39 is 0 Å². The molecule has 0 amide bonds. The van der Waals surface area contributed by atoms with Gasteiger partial charge in [0.2, 0.25) is 5.82 Å². The first-order valence-corrected chi connectivity index (χ1v) is 5.79. The van der Waals surface area contributed by atoms with Gasteiger partial charge in [-0.25, -0.2) is 4.98 Å². The Morgan fingerprint density at radius 2 is 2.16 bits per heavy atom. The smallest absolute Gasteiger partial charge is 0.325 e. The molecule has 0 atom stereocenters. The molecule has 0 aliphatic rings. The van der Waals surface area contributed by atoms with Crippen LogP contribution < -0.4 is 15.7 Å². The summed E-state index contributed by atoms with van der Waals surface area (Å²) in [5, 5.41) is 5.97. The average Bonchev–Trinajstić information content (AvgIpc) is 2.38. The van der Waals surface area contributed by atoms with Crippen molar-refractivity contribution in [3.05, 3.63) is 46.4 Å². The van der Waals surface area contributed by atoms with Crippen molar-refractivity contribution in [3.8, 4) is 0 Å². The number of rotatable bonds is 4. The van der Waals surface area contributed by atoms with E-state index in [2.05, 4.69) is 20.6 Å². The monoisotopic (exact) mass is 259 g/mol. The normalized spacial score (nSPS) is 10.2. The van der Waals surface area contributed by atoms with Crippen LogP contribution in [-0.2, 0) is 6.54 Å². The second-order valence-corrected chi connectivity index (χ2v) is 4.14. The zero-order valence-corrected chi connectivity index (χ0v) is 10.8. The van der Waals surface area contributed by atoms with Crippen molar-refractivity contribution >= 4 is 11.6 Å². The number of nitrogens with zero attached hydrogens (tertiary/aromatic N) is 4. The van der Waals surface area contributed by atoms with Crippen molar-refractivity contribution in [1.82, 2.24) is 9.97 Å². The molecule has 0 aromatic carbocycles. The Labute approximate surface area is 110 Å². The molecule has 2 aromatic heterocycles. The number of nitrogen functional groups attached to an aromatic ring is 1. The molecule has 0 bridgehead atoms. The van der Waals surface area contributed by atoms with Crippen LogP contribution in [0.2, 0.25) is 0 Å². The standard InChI is InChI=1S/C12H14N6O/c1-8-4-3-5-11(15-8)14-6-10-7-18(17-19)9(2)16-12(10)13/h3-5,7,13H,6H2,1-2H3,(H,14,15)/p+1. The molecule has 0 saturated heterocycles. The van der Waals surface area contributed by atoms with Crippen LogP contribution in [0.25, 0.3) is 0 Å². The van der Waals surface area contributed by atoms with Gasteiger partial charge in [0.1, 0.15) is 12.0 Å². The van der Waals surface area contributed by atoms with Gasteiger partial charge in [-0.05, 0) is 24.0 Å². The first kappa shape index (κ1) is 12.9. The van der Waals surface area contributed by atoms with Crippen LogP contribution in [0.1, 0.15) is 17.1 Å². The summed E-state index contributed by atoms with van der Waals surface area (Å²) in [5.41, 5.74) is 7.42. The quantitative estimate of drug-likeness (QED) is 0.633. The van der Waals surface area contributed by atoms with E-state index in [-0.39, 0.29) is 0 Å². The van der Waals surface area contributed by atoms with E-state index in [1.165, 1.54) is 0 Å². The molecule has 0 fully saturated rings. The van der Waals surface area contributed by atoms with Crippen molar-refractivity contribution in [2.75, 3.05) is 11.1 Å². The van der Waals surface area contributed by atoms with Crippen molar-refractivity contribution in [1.29, 1.82) is 0 Å². The fourth-order valence-electron chi connectivity index (χ4n) is 1.65. The molecule has 2 heterocycles. The van der Waals surface area contributed by atoms with Gasteiger partial charge < -0.3 is 11.1 Å². The average molecular weight is 259 g/mol. The van der Waals surface area contributed by atoms with Gasteiger partial charge in [-0.1, -0.05) is 10.7 Å². The van der Waals surface area contributed by atoms with Crippen LogP contribution in [0.3, 0.4) is 0 Å². The summed E-state index contributed by atoms with van der Waals surface area (Å²) in [7, 11) is 0. The third-order valence-corrected chi connectivity index (χ3v) is 2.66. The molecule has 2 aromatic rings. The van der Waals surface area contributed by atoms with E-state index in [0.717, 1.165) is 16.2 Å². The maximum absolute atomic E-state index is 10.6. The Balaban J connectivity index is 2.17. The summed E-state index contributed by atoms with van der Waals surface area (Å²) in [4.78, 5) is 19.0. The number of aryl methyl sites for hydroxylation is 2. The summed E-state index contributed by atoms with van der Waals surface area (Å²) in [6.07, 6.45) is 1.56. The minimum absolute atomic E-state index is 0.373. The zero-order chi connectivity index (χ0) is 13.8. The molecule has 0 spiro atoms. The lowest BCUT2D eigenvalue weighted by Crippen LogP contribution is -2.33. The molecule has 7 nitrogen and oxygen atoms in total. The highest BCUT2D eigenvalue weighted by Gasteiger charge is 2.15. The van der Waals surface area contributed by atoms with Crippen LogP contribution in [0, 0.1) is 18.8 Å². The Hall–Kier alpha value is -2.57. The second kappa shape index (κ2) is 5.38. The minimum Gasteiger partial charge on any atom is -0.366 e. The van der Waals surface area contributed by atoms with E-state index in [4.69, 9.17) is 5.73 Å². The SMILES string of the molecule is Cc1cccc(NCc2c[n+](N=O)c(C)nc2N)n1. The largest absolute Gasteiger partial charge is 0.366 e. The Morgan fingerprint density at radius 1 is 1.37 bits per heavy atom. The summed E-state index contributed by atoms with van der Waals surface area (Å²) < 4.78 is 1.15. The molecule has 0 unspecified atom stereocenters. The molecule has 7 heteroatoms. The van der Waals surface area contributed by atoms with E-state index in [1.807, 2.05) is 25.1 Å². The lowest BCUT2D eigenvalue weighted by Gasteiger charge is -2.06. The first-order chi connectivity index (χ1) is 9.10. The van der Waals surface area contributed by atoms with Crippen molar-refractivity contribution in [3.63, 3.8) is 0 Å².